The number of carbonyl (C=O) groups excluding carboxylic acids is 2. The van der Waals surface area contributed by atoms with Gasteiger partial charge in [-0.05, 0) is 19.3 Å². The van der Waals surface area contributed by atoms with E-state index in [1.807, 2.05) is 0 Å². The lowest BCUT2D eigenvalue weighted by atomic mass is 10.0. The van der Waals surface area contributed by atoms with Gasteiger partial charge in [0.2, 0.25) is 11.8 Å². The molecule has 12 heteroatoms. The number of carbonyl (C=O) groups is 4. The van der Waals surface area contributed by atoms with Gasteiger partial charge >= 0.3 is 11.9 Å². The second-order valence-corrected chi connectivity index (χ2v) is 9.30. The van der Waals surface area contributed by atoms with Crippen molar-refractivity contribution < 1.29 is 29.4 Å². The topological polar surface area (TPSA) is 221 Å². The molecular formula is C25H46N6O6. The molecule has 12 nitrogen and oxygen atoms in total. The summed E-state index contributed by atoms with van der Waals surface area (Å²) in [4.78, 5) is 45.0. The maximum atomic E-state index is 12.1. The zero-order valence-corrected chi connectivity index (χ0v) is 21.9. The van der Waals surface area contributed by atoms with Gasteiger partial charge in [-0.15, -0.1) is 0 Å². The van der Waals surface area contributed by atoms with Crippen LogP contribution in [0.5, 0.6) is 0 Å². The van der Waals surface area contributed by atoms with Gasteiger partial charge in [0.25, 0.3) is 0 Å². The summed E-state index contributed by atoms with van der Waals surface area (Å²) in [6, 6.07) is -2.00. The molecule has 0 aromatic rings. The van der Waals surface area contributed by atoms with Crippen molar-refractivity contribution in [1.82, 2.24) is 10.6 Å². The lowest BCUT2D eigenvalue weighted by molar-refractivity contribution is -0.142. The Morgan fingerprint density at radius 1 is 0.838 bits per heavy atom. The zero-order valence-electron chi connectivity index (χ0n) is 21.9. The first kappa shape index (κ1) is 34.0. The van der Waals surface area contributed by atoms with E-state index in [2.05, 4.69) is 15.7 Å². The molecule has 2 atom stereocenters. The van der Waals surface area contributed by atoms with E-state index >= 15 is 0 Å². The van der Waals surface area contributed by atoms with Gasteiger partial charge in [0.1, 0.15) is 6.04 Å². The van der Waals surface area contributed by atoms with Gasteiger partial charge in [-0.25, -0.2) is 10.3 Å². The van der Waals surface area contributed by atoms with Gasteiger partial charge in [-0.1, -0.05) is 64.2 Å². The third-order valence-electron chi connectivity index (χ3n) is 5.96. The maximum absolute atomic E-state index is 12.1. The van der Waals surface area contributed by atoms with Crippen LogP contribution in [0.4, 0.5) is 0 Å². The maximum Gasteiger partial charge on any atom is 0.326 e. The molecule has 0 aliphatic heterocycles. The van der Waals surface area contributed by atoms with Gasteiger partial charge in [0.05, 0.1) is 11.7 Å². The van der Waals surface area contributed by atoms with Crippen LogP contribution < -0.4 is 22.1 Å². The Kier molecular flexibility index (Phi) is 20.4. The average Bonchev–Trinajstić information content (AvgIpc) is 2.84. The van der Waals surface area contributed by atoms with E-state index in [4.69, 9.17) is 22.1 Å². The number of nitrogens with zero attached hydrogens (tertiary/aromatic N) is 1. The number of primary amides is 1. The summed E-state index contributed by atoms with van der Waals surface area (Å²) in [6.45, 7) is 0.215. The van der Waals surface area contributed by atoms with E-state index in [-0.39, 0.29) is 43.8 Å². The molecule has 0 aromatic heterocycles. The Labute approximate surface area is 219 Å². The molecule has 0 bridgehead atoms. The monoisotopic (exact) mass is 526 g/mol. The second-order valence-electron chi connectivity index (χ2n) is 9.30. The summed E-state index contributed by atoms with van der Waals surface area (Å²) in [5, 5.41) is 26.6. The van der Waals surface area contributed by atoms with Crippen molar-refractivity contribution in [2.45, 2.75) is 115 Å². The van der Waals surface area contributed by atoms with Crippen LogP contribution in [0.15, 0.2) is 17.0 Å². The van der Waals surface area contributed by atoms with Crippen LogP contribution in [0, 0.1) is 5.53 Å². The number of carboxylic acid groups (broad SMARTS) is 2. The quantitative estimate of drug-likeness (QED) is 0.0689. The first-order valence-electron chi connectivity index (χ1n) is 13.3. The molecule has 0 spiro atoms. The highest BCUT2D eigenvalue weighted by Gasteiger charge is 2.19. The smallest absolute Gasteiger partial charge is 0.326 e. The van der Waals surface area contributed by atoms with Crippen LogP contribution in [-0.4, -0.2) is 52.6 Å². The number of hydrogen-bond acceptors (Lipinski definition) is 8. The molecule has 212 valence electrons. The van der Waals surface area contributed by atoms with Crippen molar-refractivity contribution in [3.8, 4) is 0 Å². The highest BCUT2D eigenvalue weighted by Crippen LogP contribution is 2.13. The van der Waals surface area contributed by atoms with Crippen molar-refractivity contribution >= 4 is 23.8 Å². The summed E-state index contributed by atoms with van der Waals surface area (Å²) in [7, 11) is 0. The molecule has 0 saturated heterocycles. The van der Waals surface area contributed by atoms with E-state index in [0.29, 0.717) is 6.42 Å². The predicted molar refractivity (Wildman–Crippen MR) is 139 cm³/mol. The zero-order chi connectivity index (χ0) is 27.9. The third kappa shape index (κ3) is 20.8. The molecule has 0 saturated carbocycles. The van der Waals surface area contributed by atoms with Crippen molar-refractivity contribution in [1.29, 1.82) is 5.53 Å². The molecule has 9 N–H and O–H groups in total. The minimum absolute atomic E-state index is 0.0114. The summed E-state index contributed by atoms with van der Waals surface area (Å²) in [5.74, 6) is -2.85. The number of rotatable bonds is 25. The SMILES string of the molecule is N=N/C(=C\NCC[C@H](NC(=O)CCCCCCCCCCCCCCC(=O)O)C(=O)O)C[C@H](N)C(N)=O. The Hall–Kier alpha value is -3.02. The molecular weight excluding hydrogens is 480 g/mol. The minimum Gasteiger partial charge on any atom is -0.481 e. The Bertz CT molecular complexity index is 730. The van der Waals surface area contributed by atoms with Gasteiger partial charge in [0, 0.05) is 32.0 Å². The minimum atomic E-state index is -1.12. The molecule has 37 heavy (non-hydrogen) atoms. The molecule has 0 aliphatic carbocycles. The Morgan fingerprint density at radius 3 is 1.76 bits per heavy atom. The van der Waals surface area contributed by atoms with Crippen LogP contribution in [0.25, 0.3) is 0 Å². The third-order valence-corrected chi connectivity index (χ3v) is 5.96. The van der Waals surface area contributed by atoms with Gasteiger partial charge in [-0.3, -0.25) is 14.4 Å². The van der Waals surface area contributed by atoms with Crippen molar-refractivity contribution in [2.75, 3.05) is 6.54 Å². The lowest BCUT2D eigenvalue weighted by Gasteiger charge is -2.15. The molecule has 0 rings (SSSR count). The number of aliphatic carboxylic acids is 2. The fraction of sp³-hybridized carbons (Fsp3) is 0.760. The van der Waals surface area contributed by atoms with Crippen LogP contribution in [0.1, 0.15) is 103 Å². The Morgan fingerprint density at radius 2 is 1.32 bits per heavy atom. The van der Waals surface area contributed by atoms with Crippen molar-refractivity contribution in [3.63, 3.8) is 0 Å². The van der Waals surface area contributed by atoms with Crippen molar-refractivity contribution in [3.05, 3.63) is 11.9 Å². The van der Waals surface area contributed by atoms with Crippen LogP contribution in [0.2, 0.25) is 0 Å². The highest BCUT2D eigenvalue weighted by atomic mass is 16.4. The van der Waals surface area contributed by atoms with Crippen LogP contribution in [0.3, 0.4) is 0 Å². The summed E-state index contributed by atoms with van der Waals surface area (Å²) < 4.78 is 0. The summed E-state index contributed by atoms with van der Waals surface area (Å²) in [6.07, 6.45) is 14.6. The molecule has 0 heterocycles. The van der Waals surface area contributed by atoms with Crippen LogP contribution in [-0.2, 0) is 19.2 Å². The summed E-state index contributed by atoms with van der Waals surface area (Å²) >= 11 is 0. The number of nitrogens with one attached hydrogen (secondary N) is 3. The average molecular weight is 527 g/mol. The van der Waals surface area contributed by atoms with E-state index in [0.717, 1.165) is 51.4 Å². The number of unbranched alkanes of at least 4 members (excludes halogenated alkanes) is 11. The molecule has 0 aromatic carbocycles. The largest absolute Gasteiger partial charge is 0.481 e. The number of carboxylic acids is 2. The normalized spacial score (nSPS) is 12.9. The second kappa shape index (κ2) is 22.2. The highest BCUT2D eigenvalue weighted by molar-refractivity contribution is 5.83. The molecule has 0 unspecified atom stereocenters. The first-order valence-corrected chi connectivity index (χ1v) is 13.3. The molecule has 0 fully saturated rings. The molecule has 0 radical (unpaired) electrons. The standard InChI is InChI=1S/C25H46N6O6/c26-20(24(27)35)17-19(31-28)18-29-16-15-21(25(36)37)30-22(32)13-11-9-7-5-3-1-2-4-6-8-10-12-14-23(33)34/h18,20-21,28-29H,1-17,26H2,(H2,27,35)(H,30,32)(H,33,34)(H,36,37)/b19-18-,31-28?/t20-,21-/m0/s1. The fourth-order valence-corrected chi connectivity index (χ4v) is 3.73. The molecule has 2 amide bonds. The van der Waals surface area contributed by atoms with E-state index in [1.165, 1.54) is 25.5 Å². The lowest BCUT2D eigenvalue weighted by Crippen LogP contribution is -2.42. The van der Waals surface area contributed by atoms with Crippen molar-refractivity contribution in [2.24, 2.45) is 16.6 Å². The van der Waals surface area contributed by atoms with E-state index in [9.17, 15) is 24.3 Å². The fourth-order valence-electron chi connectivity index (χ4n) is 3.73. The Balaban J connectivity index is 3.87. The van der Waals surface area contributed by atoms with Gasteiger partial charge in [-0.2, -0.15) is 5.11 Å². The van der Waals surface area contributed by atoms with E-state index in [1.54, 1.807) is 0 Å². The number of hydrogen-bond donors (Lipinski definition) is 7. The van der Waals surface area contributed by atoms with Gasteiger partial charge < -0.3 is 32.3 Å². The first-order chi connectivity index (χ1) is 17.7. The summed E-state index contributed by atoms with van der Waals surface area (Å²) in [5.41, 5.74) is 17.9. The van der Waals surface area contributed by atoms with E-state index < -0.39 is 29.9 Å². The van der Waals surface area contributed by atoms with Crippen LogP contribution >= 0.6 is 0 Å². The van der Waals surface area contributed by atoms with Gasteiger partial charge in [0.15, 0.2) is 0 Å². The number of nitrogens with two attached hydrogens (primary N) is 2. The predicted octanol–water partition coefficient (Wildman–Crippen LogP) is 3.16. The molecule has 0 aliphatic rings. The number of amides is 2.